The highest BCUT2D eigenvalue weighted by Crippen LogP contribution is 2.29. The van der Waals surface area contributed by atoms with E-state index in [1.165, 1.54) is 0 Å². The predicted octanol–water partition coefficient (Wildman–Crippen LogP) is 2.17. The van der Waals surface area contributed by atoms with E-state index in [4.69, 9.17) is 11.6 Å². The zero-order valence-electron chi connectivity index (χ0n) is 17.6. The van der Waals surface area contributed by atoms with Gasteiger partial charge in [-0.3, -0.25) is 29.4 Å². The van der Waals surface area contributed by atoms with Crippen molar-refractivity contribution < 1.29 is 19.2 Å². The van der Waals surface area contributed by atoms with Crippen molar-refractivity contribution in [1.29, 1.82) is 0 Å². The lowest BCUT2D eigenvalue weighted by Gasteiger charge is -2.27. The third kappa shape index (κ3) is 4.86. The maximum absolute atomic E-state index is 13.0. The highest BCUT2D eigenvalue weighted by atomic mass is 35.5. The topological polar surface area (TPSA) is 121 Å². The Bertz CT molecular complexity index is 1200. The van der Waals surface area contributed by atoms with E-state index in [0.717, 1.165) is 17.7 Å². The molecule has 2 aliphatic heterocycles. The van der Waals surface area contributed by atoms with Crippen LogP contribution in [-0.2, 0) is 9.59 Å². The lowest BCUT2D eigenvalue weighted by atomic mass is 10.0. The number of carbonyl (C=O) groups excluding carboxylic acids is 4. The van der Waals surface area contributed by atoms with Gasteiger partial charge in [0.25, 0.3) is 11.8 Å². The molecular weight excluding hydrogens is 446 g/mol. The Morgan fingerprint density at radius 2 is 2.00 bits per heavy atom. The summed E-state index contributed by atoms with van der Waals surface area (Å²) in [6, 6.07) is 5.65. The maximum Gasteiger partial charge on any atom is 0.263 e. The van der Waals surface area contributed by atoms with Crippen molar-refractivity contribution in [3.05, 3.63) is 52.4 Å². The summed E-state index contributed by atoms with van der Waals surface area (Å²) in [6.07, 6.45) is 4.05. The molecule has 1 atom stereocenters. The molecule has 0 spiro atoms. The van der Waals surface area contributed by atoms with Crippen LogP contribution in [0.4, 0.5) is 5.82 Å². The number of aromatic nitrogens is 2. The number of piperidine rings is 1. The number of fused-ring (bicyclic) bond motifs is 1. The Labute approximate surface area is 194 Å². The van der Waals surface area contributed by atoms with Crippen molar-refractivity contribution in [3.63, 3.8) is 0 Å². The molecule has 9 nitrogen and oxygen atoms in total. The molecule has 4 rings (SSSR count). The fourth-order valence-electron chi connectivity index (χ4n) is 3.77. The van der Waals surface area contributed by atoms with E-state index < -0.39 is 29.7 Å². The Balaban J connectivity index is 1.37. The van der Waals surface area contributed by atoms with Crippen molar-refractivity contribution in [2.45, 2.75) is 38.1 Å². The van der Waals surface area contributed by atoms with E-state index in [0.29, 0.717) is 24.3 Å². The van der Waals surface area contributed by atoms with Gasteiger partial charge in [0.2, 0.25) is 17.1 Å². The number of unbranched alkanes of at least 4 members (excludes halogenated alkanes) is 2. The number of hydrogen-bond acceptors (Lipinski definition) is 7. The molecule has 0 aliphatic carbocycles. The summed E-state index contributed by atoms with van der Waals surface area (Å²) in [4.78, 5) is 58.3. The number of nitrogens with one attached hydrogen (secondary N) is 2. The van der Waals surface area contributed by atoms with Crippen molar-refractivity contribution in [1.82, 2.24) is 20.2 Å². The Hall–Kier alpha value is -3.77. The zero-order chi connectivity index (χ0) is 23.4. The number of rotatable bonds is 6. The van der Waals surface area contributed by atoms with Gasteiger partial charge in [-0.15, -0.1) is 0 Å². The number of hydrogen-bond donors (Lipinski definition) is 2. The summed E-state index contributed by atoms with van der Waals surface area (Å²) < 4.78 is 0. The zero-order valence-corrected chi connectivity index (χ0v) is 18.3. The molecule has 1 fully saturated rings. The van der Waals surface area contributed by atoms with Gasteiger partial charge in [0, 0.05) is 31.1 Å². The molecule has 0 radical (unpaired) electrons. The average Bonchev–Trinajstić information content (AvgIpc) is 3.04. The fourth-order valence-corrected chi connectivity index (χ4v) is 3.91. The van der Waals surface area contributed by atoms with Crippen molar-refractivity contribution in [2.75, 3.05) is 11.9 Å². The molecular formula is C23H20ClN5O4. The molecule has 3 heterocycles. The summed E-state index contributed by atoms with van der Waals surface area (Å²) in [5, 5.41) is 5.53. The molecule has 33 heavy (non-hydrogen) atoms. The lowest BCUT2D eigenvalue weighted by Crippen LogP contribution is -2.54. The molecule has 0 saturated carbocycles. The molecule has 168 valence electrons. The van der Waals surface area contributed by atoms with Gasteiger partial charge < -0.3 is 5.32 Å². The molecule has 4 amide bonds. The summed E-state index contributed by atoms with van der Waals surface area (Å²) in [6.45, 7) is 0.698. The largest absolute Gasteiger partial charge is 0.370 e. The second-order valence-corrected chi connectivity index (χ2v) is 7.91. The van der Waals surface area contributed by atoms with Crippen LogP contribution < -0.4 is 10.6 Å². The summed E-state index contributed by atoms with van der Waals surface area (Å²) in [5.74, 6) is 4.57. The van der Waals surface area contributed by atoms with Crippen LogP contribution >= 0.6 is 11.6 Å². The molecule has 1 aromatic heterocycles. The highest BCUT2D eigenvalue weighted by Gasteiger charge is 2.45. The van der Waals surface area contributed by atoms with E-state index in [9.17, 15) is 19.2 Å². The van der Waals surface area contributed by atoms with Gasteiger partial charge in [-0.2, -0.15) is 0 Å². The third-order valence-electron chi connectivity index (χ3n) is 5.35. The minimum atomic E-state index is -0.992. The summed E-state index contributed by atoms with van der Waals surface area (Å²) in [7, 11) is 0. The standard InChI is InChI=1S/C23H20ClN5O4/c24-23-26-13-11-17(27-23)25-12-4-2-1-3-6-14-7-5-8-15-19(14)22(33)29(21(15)32)16-9-10-18(30)28-20(16)31/h5,7-8,11,13,16H,1-2,4,9-10,12H2,(H,25,26,27)(H,28,30,31). The first-order valence-electron chi connectivity index (χ1n) is 10.5. The van der Waals surface area contributed by atoms with E-state index in [1.54, 1.807) is 30.5 Å². The van der Waals surface area contributed by atoms with Crippen LogP contribution in [0.15, 0.2) is 30.5 Å². The SMILES string of the molecule is O=C1CCC(N2C(=O)c3cccc(C#CCCCCNc4ccnc(Cl)n4)c3C2=O)C(=O)N1. The minimum absolute atomic E-state index is 0.0790. The number of amides is 4. The first-order valence-corrected chi connectivity index (χ1v) is 10.9. The minimum Gasteiger partial charge on any atom is -0.370 e. The smallest absolute Gasteiger partial charge is 0.263 e. The van der Waals surface area contributed by atoms with Gasteiger partial charge in [-0.1, -0.05) is 17.9 Å². The second kappa shape index (κ2) is 9.79. The van der Waals surface area contributed by atoms with Crippen molar-refractivity contribution >= 4 is 41.0 Å². The Morgan fingerprint density at radius 1 is 1.15 bits per heavy atom. The Kier molecular flexibility index (Phi) is 6.66. The van der Waals surface area contributed by atoms with Crippen LogP contribution in [0.1, 0.15) is 58.4 Å². The maximum atomic E-state index is 13.0. The van der Waals surface area contributed by atoms with Crippen LogP contribution in [-0.4, -0.2) is 51.1 Å². The van der Waals surface area contributed by atoms with E-state index in [-0.39, 0.29) is 29.3 Å². The number of halogens is 1. The molecule has 10 heteroatoms. The van der Waals surface area contributed by atoms with Crippen molar-refractivity contribution in [2.24, 2.45) is 0 Å². The van der Waals surface area contributed by atoms with Gasteiger partial charge in [0.15, 0.2) is 0 Å². The molecule has 2 aliphatic rings. The van der Waals surface area contributed by atoms with Gasteiger partial charge in [-0.05, 0) is 49.1 Å². The predicted molar refractivity (Wildman–Crippen MR) is 119 cm³/mol. The van der Waals surface area contributed by atoms with Gasteiger partial charge in [0.05, 0.1) is 11.1 Å². The number of imide groups is 2. The van der Waals surface area contributed by atoms with Crippen LogP contribution in [0.2, 0.25) is 5.28 Å². The van der Waals surface area contributed by atoms with E-state index in [1.807, 2.05) is 0 Å². The first-order chi connectivity index (χ1) is 16.0. The first kappa shape index (κ1) is 22.4. The molecule has 1 unspecified atom stereocenters. The molecule has 1 aromatic carbocycles. The van der Waals surface area contributed by atoms with Gasteiger partial charge in [-0.25, -0.2) is 9.97 Å². The number of carbonyl (C=O) groups is 4. The highest BCUT2D eigenvalue weighted by molar-refractivity contribution is 6.28. The van der Waals surface area contributed by atoms with Crippen LogP contribution in [0.3, 0.4) is 0 Å². The lowest BCUT2D eigenvalue weighted by molar-refractivity contribution is -0.136. The Morgan fingerprint density at radius 3 is 2.79 bits per heavy atom. The third-order valence-corrected chi connectivity index (χ3v) is 5.53. The van der Waals surface area contributed by atoms with Crippen LogP contribution in [0.25, 0.3) is 0 Å². The van der Waals surface area contributed by atoms with Gasteiger partial charge >= 0.3 is 0 Å². The molecule has 2 aromatic rings. The number of benzene rings is 1. The molecule has 2 N–H and O–H groups in total. The van der Waals surface area contributed by atoms with E-state index in [2.05, 4.69) is 32.4 Å². The van der Waals surface area contributed by atoms with Gasteiger partial charge in [0.1, 0.15) is 11.9 Å². The molecule has 1 saturated heterocycles. The van der Waals surface area contributed by atoms with E-state index >= 15 is 0 Å². The number of anilines is 1. The fraction of sp³-hybridized carbons (Fsp3) is 0.304. The average molecular weight is 466 g/mol. The summed E-state index contributed by atoms with van der Waals surface area (Å²) >= 11 is 5.75. The van der Waals surface area contributed by atoms with Crippen LogP contribution in [0, 0.1) is 11.8 Å². The second-order valence-electron chi connectivity index (χ2n) is 7.57. The summed E-state index contributed by atoms with van der Waals surface area (Å²) in [5.41, 5.74) is 0.889. The number of nitrogens with zero attached hydrogens (tertiary/aromatic N) is 3. The van der Waals surface area contributed by atoms with Crippen molar-refractivity contribution in [3.8, 4) is 11.8 Å². The normalized spacial score (nSPS) is 17.4. The molecule has 0 bridgehead atoms. The quantitative estimate of drug-likeness (QED) is 0.290. The monoisotopic (exact) mass is 465 g/mol. The van der Waals surface area contributed by atoms with Crippen LogP contribution in [0.5, 0.6) is 0 Å².